The fourth-order valence-corrected chi connectivity index (χ4v) is 10.3. The molecule has 3 atom stereocenters. The minimum absolute atomic E-state index is 0.372. The van der Waals surface area contributed by atoms with E-state index in [1.54, 1.807) is 6.08 Å². The molecule has 0 aromatic carbocycles. The van der Waals surface area contributed by atoms with Crippen LogP contribution < -0.4 is 5.32 Å². The number of hydrogen-bond donors (Lipinski definition) is 4. The average Bonchev–Trinajstić information content (AvgIpc) is 3.36. The first-order chi connectivity index (χ1) is 34.6. The summed E-state index contributed by atoms with van der Waals surface area (Å²) in [7, 11) is 0. The van der Waals surface area contributed by atoms with E-state index in [1.165, 1.54) is 302 Å². The summed E-state index contributed by atoms with van der Waals surface area (Å²) >= 11 is 0. The van der Waals surface area contributed by atoms with E-state index in [1.807, 2.05) is 6.08 Å². The summed E-state index contributed by atoms with van der Waals surface area (Å²) < 4.78 is 0. The molecule has 0 aromatic rings. The lowest BCUT2D eigenvalue weighted by atomic mass is 10.0. The SMILES string of the molecule is CCCCCCCCCCCCCC/C=C/CC/C=C/C(O)C(CO)NC(=O)C(O)CCCCCCCCCCCCCCCCCCCCCCCCCCCCCCCCCCCCCCCC. The molecule has 5 nitrogen and oxygen atoms in total. The van der Waals surface area contributed by atoms with Gasteiger partial charge in [-0.25, -0.2) is 0 Å². The van der Waals surface area contributed by atoms with Crippen molar-refractivity contribution in [3.63, 3.8) is 0 Å². The zero-order chi connectivity index (χ0) is 50.7. The molecule has 3 unspecified atom stereocenters. The van der Waals surface area contributed by atoms with Gasteiger partial charge in [-0.15, -0.1) is 0 Å². The molecule has 5 heteroatoms. The van der Waals surface area contributed by atoms with Crippen molar-refractivity contribution in [2.45, 2.75) is 379 Å². The smallest absolute Gasteiger partial charge is 0.249 e. The van der Waals surface area contributed by atoms with Crippen molar-refractivity contribution in [1.29, 1.82) is 0 Å². The van der Waals surface area contributed by atoms with E-state index in [9.17, 15) is 20.1 Å². The highest BCUT2D eigenvalue weighted by atomic mass is 16.3. The molecule has 0 fully saturated rings. The predicted octanol–water partition coefficient (Wildman–Crippen LogP) is 20.4. The van der Waals surface area contributed by atoms with E-state index in [0.29, 0.717) is 6.42 Å². The van der Waals surface area contributed by atoms with Crippen LogP contribution in [0.4, 0.5) is 0 Å². The van der Waals surface area contributed by atoms with Crippen LogP contribution in [0.1, 0.15) is 361 Å². The Labute approximate surface area is 439 Å². The van der Waals surface area contributed by atoms with E-state index < -0.39 is 24.2 Å². The van der Waals surface area contributed by atoms with E-state index >= 15 is 0 Å². The first-order valence-corrected chi connectivity index (χ1v) is 32.2. The lowest BCUT2D eigenvalue weighted by Crippen LogP contribution is -2.48. The van der Waals surface area contributed by atoms with Crippen molar-refractivity contribution >= 4 is 5.91 Å². The number of aliphatic hydroxyl groups excluding tert-OH is 3. The zero-order valence-electron chi connectivity index (χ0n) is 47.7. The molecule has 0 aliphatic carbocycles. The fraction of sp³-hybridized carbons (Fsp3) is 0.923. The Hall–Kier alpha value is -1.17. The Morgan fingerprint density at radius 1 is 0.343 bits per heavy atom. The highest BCUT2D eigenvalue weighted by Gasteiger charge is 2.22. The highest BCUT2D eigenvalue weighted by molar-refractivity contribution is 5.80. The van der Waals surface area contributed by atoms with Gasteiger partial charge in [0.2, 0.25) is 5.91 Å². The van der Waals surface area contributed by atoms with Crippen LogP contribution in [0.3, 0.4) is 0 Å². The van der Waals surface area contributed by atoms with Crippen LogP contribution in [0.25, 0.3) is 0 Å². The lowest BCUT2D eigenvalue weighted by molar-refractivity contribution is -0.131. The molecule has 0 aliphatic heterocycles. The summed E-state index contributed by atoms with van der Waals surface area (Å²) in [6.07, 6.45) is 78.8. The number of unbranched alkanes of at least 4 members (excludes halogenated alkanes) is 50. The molecule has 0 radical (unpaired) electrons. The Kier molecular flexibility index (Phi) is 59.4. The molecule has 70 heavy (non-hydrogen) atoms. The van der Waals surface area contributed by atoms with Crippen LogP contribution in [0, 0.1) is 0 Å². The summed E-state index contributed by atoms with van der Waals surface area (Å²) in [6.45, 7) is 4.21. The molecule has 0 rings (SSSR count). The predicted molar refractivity (Wildman–Crippen MR) is 310 cm³/mol. The maximum Gasteiger partial charge on any atom is 0.249 e. The minimum Gasteiger partial charge on any atom is -0.394 e. The number of carbonyl (C=O) groups excluding carboxylic acids is 1. The van der Waals surface area contributed by atoms with Crippen molar-refractivity contribution in [1.82, 2.24) is 5.32 Å². The number of amides is 1. The summed E-state index contributed by atoms with van der Waals surface area (Å²) in [4.78, 5) is 12.6. The van der Waals surface area contributed by atoms with Gasteiger partial charge in [-0.3, -0.25) is 4.79 Å². The number of rotatable bonds is 60. The number of carbonyl (C=O) groups is 1. The molecular formula is C65H127NO4. The van der Waals surface area contributed by atoms with Gasteiger partial charge in [0.05, 0.1) is 18.8 Å². The Bertz CT molecular complexity index is 1040. The summed E-state index contributed by atoms with van der Waals surface area (Å²) in [5, 5.41) is 33.4. The van der Waals surface area contributed by atoms with Crippen molar-refractivity contribution in [2.24, 2.45) is 0 Å². The standard InChI is InChI=1S/C65H127NO4/c1-3-5-7-9-11-13-15-17-19-21-23-24-25-26-27-28-29-30-31-32-33-34-35-36-37-38-39-40-41-42-44-46-48-50-52-54-56-58-60-64(69)65(70)66-62(61-67)63(68)59-57-55-53-51-49-47-45-43-22-20-18-16-14-12-10-8-6-4-2/h49,51,57,59,62-64,67-69H,3-48,50,52-56,58,60-61H2,1-2H3,(H,66,70)/b51-49+,59-57+. The van der Waals surface area contributed by atoms with Crippen LogP contribution in [0.5, 0.6) is 0 Å². The van der Waals surface area contributed by atoms with E-state index in [4.69, 9.17) is 0 Å². The van der Waals surface area contributed by atoms with Crippen molar-refractivity contribution in [2.75, 3.05) is 6.61 Å². The van der Waals surface area contributed by atoms with Crippen molar-refractivity contribution < 1.29 is 20.1 Å². The first kappa shape index (κ1) is 68.8. The molecule has 416 valence electrons. The van der Waals surface area contributed by atoms with Gasteiger partial charge in [-0.05, 0) is 32.1 Å². The maximum absolute atomic E-state index is 12.6. The number of allylic oxidation sites excluding steroid dienone is 3. The zero-order valence-corrected chi connectivity index (χ0v) is 47.7. The van der Waals surface area contributed by atoms with Gasteiger partial charge in [0.1, 0.15) is 6.10 Å². The molecule has 0 spiro atoms. The third kappa shape index (κ3) is 54.6. The lowest BCUT2D eigenvalue weighted by Gasteiger charge is -2.21. The first-order valence-electron chi connectivity index (χ1n) is 32.2. The van der Waals surface area contributed by atoms with Gasteiger partial charge in [0.25, 0.3) is 0 Å². The second-order valence-electron chi connectivity index (χ2n) is 22.3. The van der Waals surface area contributed by atoms with E-state index in [-0.39, 0.29) is 6.61 Å². The largest absolute Gasteiger partial charge is 0.394 e. The third-order valence-electron chi connectivity index (χ3n) is 15.3. The average molecular weight is 987 g/mol. The van der Waals surface area contributed by atoms with Gasteiger partial charge in [0, 0.05) is 0 Å². The number of aliphatic hydroxyl groups is 3. The molecule has 0 bridgehead atoms. The van der Waals surface area contributed by atoms with E-state index in [0.717, 1.165) is 38.5 Å². The van der Waals surface area contributed by atoms with Gasteiger partial charge in [-0.2, -0.15) is 0 Å². The molecule has 0 heterocycles. The van der Waals surface area contributed by atoms with Crippen molar-refractivity contribution in [3.8, 4) is 0 Å². The topological polar surface area (TPSA) is 89.8 Å². The Morgan fingerprint density at radius 3 is 0.871 bits per heavy atom. The Morgan fingerprint density at radius 2 is 0.586 bits per heavy atom. The number of hydrogen-bond acceptors (Lipinski definition) is 4. The normalized spacial score (nSPS) is 13.3. The van der Waals surface area contributed by atoms with Gasteiger partial charge >= 0.3 is 0 Å². The van der Waals surface area contributed by atoms with Gasteiger partial charge in [0.15, 0.2) is 0 Å². The van der Waals surface area contributed by atoms with E-state index in [2.05, 4.69) is 31.3 Å². The monoisotopic (exact) mass is 986 g/mol. The fourth-order valence-electron chi connectivity index (χ4n) is 10.3. The second kappa shape index (κ2) is 60.4. The molecule has 1 amide bonds. The molecule has 4 N–H and O–H groups in total. The van der Waals surface area contributed by atoms with Crippen LogP contribution in [0.2, 0.25) is 0 Å². The number of nitrogens with one attached hydrogen (secondary N) is 1. The van der Waals surface area contributed by atoms with Crippen LogP contribution in [-0.2, 0) is 4.79 Å². The molecule has 0 aliphatic rings. The van der Waals surface area contributed by atoms with Crippen LogP contribution in [0.15, 0.2) is 24.3 Å². The summed E-state index contributed by atoms with van der Waals surface area (Å²) in [5.41, 5.74) is 0. The molecule has 0 saturated heterocycles. The van der Waals surface area contributed by atoms with Crippen molar-refractivity contribution in [3.05, 3.63) is 24.3 Å². The molecular weight excluding hydrogens is 859 g/mol. The summed E-state index contributed by atoms with van der Waals surface area (Å²) in [6, 6.07) is -0.813. The minimum atomic E-state index is -1.10. The van der Waals surface area contributed by atoms with Crippen LogP contribution in [-0.4, -0.2) is 46.1 Å². The highest BCUT2D eigenvalue weighted by Crippen LogP contribution is 2.19. The quantitative estimate of drug-likeness (QED) is 0.0361. The maximum atomic E-state index is 12.6. The molecule has 0 aromatic heterocycles. The Balaban J connectivity index is 3.45. The van der Waals surface area contributed by atoms with Gasteiger partial charge < -0.3 is 20.6 Å². The van der Waals surface area contributed by atoms with Gasteiger partial charge in [-0.1, -0.05) is 353 Å². The molecule has 0 saturated carbocycles. The second-order valence-corrected chi connectivity index (χ2v) is 22.3. The third-order valence-corrected chi connectivity index (χ3v) is 15.3. The van der Waals surface area contributed by atoms with Crippen LogP contribution >= 0.6 is 0 Å². The summed E-state index contributed by atoms with van der Waals surface area (Å²) in [5.74, 6) is -0.506.